The van der Waals surface area contributed by atoms with Gasteiger partial charge < -0.3 is 14.2 Å². The molecule has 0 aliphatic heterocycles. The molecule has 6 nitrogen and oxygen atoms in total. The van der Waals surface area contributed by atoms with E-state index in [1.807, 2.05) is 38.1 Å². The van der Waals surface area contributed by atoms with Crippen molar-refractivity contribution < 1.29 is 19.0 Å². The van der Waals surface area contributed by atoms with Crippen LogP contribution in [0.1, 0.15) is 16.7 Å². The van der Waals surface area contributed by atoms with Gasteiger partial charge in [0.1, 0.15) is 5.75 Å². The Kier molecular flexibility index (Phi) is 6.39. The normalized spacial score (nSPS) is 10.6. The van der Waals surface area contributed by atoms with Crippen LogP contribution in [0.15, 0.2) is 41.5 Å². The lowest BCUT2D eigenvalue weighted by molar-refractivity contribution is -0.123. The van der Waals surface area contributed by atoms with E-state index in [4.69, 9.17) is 14.2 Å². The third kappa shape index (κ3) is 4.97. The number of benzene rings is 2. The Hall–Kier alpha value is -3.02. The Morgan fingerprint density at radius 3 is 2.56 bits per heavy atom. The summed E-state index contributed by atoms with van der Waals surface area (Å²) in [5.41, 5.74) is 5.34. The van der Waals surface area contributed by atoms with E-state index in [9.17, 15) is 4.79 Å². The molecule has 0 heterocycles. The van der Waals surface area contributed by atoms with Gasteiger partial charge in [-0.2, -0.15) is 5.10 Å². The molecule has 6 heteroatoms. The fourth-order valence-corrected chi connectivity index (χ4v) is 2.17. The summed E-state index contributed by atoms with van der Waals surface area (Å²) < 4.78 is 15.9. The molecule has 2 rings (SSSR count). The van der Waals surface area contributed by atoms with Gasteiger partial charge in [0.05, 0.1) is 20.4 Å². The van der Waals surface area contributed by atoms with E-state index in [0.717, 1.165) is 16.7 Å². The van der Waals surface area contributed by atoms with Crippen molar-refractivity contribution >= 4 is 12.1 Å². The van der Waals surface area contributed by atoms with Gasteiger partial charge in [0.2, 0.25) is 0 Å². The molecule has 2 aromatic carbocycles. The molecule has 0 bridgehead atoms. The molecular weight excluding hydrogens is 320 g/mol. The van der Waals surface area contributed by atoms with E-state index < -0.39 is 0 Å². The van der Waals surface area contributed by atoms with Gasteiger partial charge in [-0.1, -0.05) is 12.1 Å². The van der Waals surface area contributed by atoms with Gasteiger partial charge in [-0.3, -0.25) is 4.79 Å². The Morgan fingerprint density at radius 1 is 1.08 bits per heavy atom. The largest absolute Gasteiger partial charge is 0.493 e. The third-order valence-electron chi connectivity index (χ3n) is 3.72. The van der Waals surface area contributed by atoms with Gasteiger partial charge >= 0.3 is 0 Å². The van der Waals surface area contributed by atoms with Crippen LogP contribution in [-0.2, 0) is 4.79 Å². The van der Waals surface area contributed by atoms with Crippen LogP contribution in [0.25, 0.3) is 0 Å². The number of hydrogen-bond acceptors (Lipinski definition) is 5. The predicted octanol–water partition coefficient (Wildman–Crippen LogP) is 2.85. The maximum atomic E-state index is 11.8. The minimum absolute atomic E-state index is 0.104. The van der Waals surface area contributed by atoms with Crippen molar-refractivity contribution in [1.82, 2.24) is 5.43 Å². The van der Waals surface area contributed by atoms with Gasteiger partial charge in [0.15, 0.2) is 18.1 Å². The first-order valence-corrected chi connectivity index (χ1v) is 7.78. The lowest BCUT2D eigenvalue weighted by atomic mass is 10.1. The summed E-state index contributed by atoms with van der Waals surface area (Å²) in [6, 6.07) is 11.1. The third-order valence-corrected chi connectivity index (χ3v) is 3.72. The minimum atomic E-state index is -0.336. The molecule has 132 valence electrons. The number of hydrazone groups is 1. The maximum Gasteiger partial charge on any atom is 0.277 e. The van der Waals surface area contributed by atoms with Gasteiger partial charge in [-0.05, 0) is 54.8 Å². The number of carbonyl (C=O) groups is 1. The fourth-order valence-electron chi connectivity index (χ4n) is 2.17. The zero-order valence-corrected chi connectivity index (χ0v) is 14.8. The fraction of sp³-hybridized carbons (Fsp3) is 0.263. The average molecular weight is 342 g/mol. The highest BCUT2D eigenvalue weighted by molar-refractivity contribution is 5.83. The van der Waals surface area contributed by atoms with Crippen LogP contribution in [0.2, 0.25) is 0 Å². The molecule has 2 aromatic rings. The van der Waals surface area contributed by atoms with E-state index in [1.165, 1.54) is 6.21 Å². The molecule has 1 amide bonds. The molecule has 0 fully saturated rings. The number of methoxy groups -OCH3 is 2. The van der Waals surface area contributed by atoms with Crippen molar-refractivity contribution in [2.45, 2.75) is 13.8 Å². The highest BCUT2D eigenvalue weighted by atomic mass is 16.5. The summed E-state index contributed by atoms with van der Waals surface area (Å²) in [4.78, 5) is 11.8. The topological polar surface area (TPSA) is 69.2 Å². The first-order chi connectivity index (χ1) is 12.0. The van der Waals surface area contributed by atoms with E-state index in [2.05, 4.69) is 10.5 Å². The van der Waals surface area contributed by atoms with Crippen LogP contribution in [0.3, 0.4) is 0 Å². The van der Waals surface area contributed by atoms with Crippen molar-refractivity contribution in [2.75, 3.05) is 20.8 Å². The Morgan fingerprint density at radius 2 is 1.84 bits per heavy atom. The molecule has 0 unspecified atom stereocenters. The molecular formula is C19H22N2O4. The molecule has 0 aromatic heterocycles. The minimum Gasteiger partial charge on any atom is -0.493 e. The summed E-state index contributed by atoms with van der Waals surface area (Å²) in [5.74, 6) is 1.58. The molecule has 1 N–H and O–H groups in total. The van der Waals surface area contributed by atoms with E-state index in [1.54, 1.807) is 26.4 Å². The van der Waals surface area contributed by atoms with Crippen LogP contribution >= 0.6 is 0 Å². The maximum absolute atomic E-state index is 11.8. The summed E-state index contributed by atoms with van der Waals surface area (Å²) in [7, 11) is 3.13. The lowest BCUT2D eigenvalue weighted by Crippen LogP contribution is -2.24. The molecule has 0 aliphatic carbocycles. The second-order valence-corrected chi connectivity index (χ2v) is 5.39. The van der Waals surface area contributed by atoms with Gasteiger partial charge in [-0.25, -0.2) is 5.43 Å². The number of rotatable bonds is 7. The zero-order valence-electron chi connectivity index (χ0n) is 14.8. The average Bonchev–Trinajstić information content (AvgIpc) is 2.62. The van der Waals surface area contributed by atoms with E-state index >= 15 is 0 Å². The number of ether oxygens (including phenoxy) is 3. The number of hydrogen-bond donors (Lipinski definition) is 1. The van der Waals surface area contributed by atoms with E-state index in [0.29, 0.717) is 17.2 Å². The van der Waals surface area contributed by atoms with Crippen LogP contribution < -0.4 is 19.6 Å². The van der Waals surface area contributed by atoms with Crippen LogP contribution in [-0.4, -0.2) is 32.9 Å². The summed E-state index contributed by atoms with van der Waals surface area (Å²) in [6.07, 6.45) is 1.53. The van der Waals surface area contributed by atoms with Crippen LogP contribution in [0.4, 0.5) is 0 Å². The molecule has 0 aliphatic rings. The first kappa shape index (κ1) is 18.3. The highest BCUT2D eigenvalue weighted by Crippen LogP contribution is 2.26. The Labute approximate surface area is 147 Å². The molecule has 0 spiro atoms. The SMILES string of the molecule is COc1ccc(/C=N/NC(=O)COc2cccc(C)c2C)cc1OC. The molecule has 0 saturated heterocycles. The predicted molar refractivity (Wildman–Crippen MR) is 96.7 cm³/mol. The Balaban J connectivity index is 1.89. The lowest BCUT2D eigenvalue weighted by Gasteiger charge is -2.09. The van der Waals surface area contributed by atoms with Crippen molar-refractivity contribution in [2.24, 2.45) is 5.10 Å². The van der Waals surface area contributed by atoms with Crippen molar-refractivity contribution in [3.8, 4) is 17.2 Å². The smallest absolute Gasteiger partial charge is 0.277 e. The molecule has 0 saturated carbocycles. The first-order valence-electron chi connectivity index (χ1n) is 7.78. The standard InChI is InChI=1S/C19H22N2O4/c1-13-6-5-7-16(14(13)2)25-12-19(22)21-20-11-15-8-9-17(23-3)18(10-15)24-4/h5-11H,12H2,1-4H3,(H,21,22)/b20-11+. The van der Waals surface area contributed by atoms with Crippen molar-refractivity contribution in [3.05, 3.63) is 53.1 Å². The van der Waals surface area contributed by atoms with Crippen molar-refractivity contribution in [1.29, 1.82) is 0 Å². The number of carbonyl (C=O) groups excluding carboxylic acids is 1. The monoisotopic (exact) mass is 342 g/mol. The number of aryl methyl sites for hydroxylation is 1. The molecule has 25 heavy (non-hydrogen) atoms. The second kappa shape index (κ2) is 8.73. The van der Waals surface area contributed by atoms with Crippen LogP contribution in [0, 0.1) is 13.8 Å². The summed E-state index contributed by atoms with van der Waals surface area (Å²) in [6.45, 7) is 3.85. The van der Waals surface area contributed by atoms with Gasteiger partial charge in [0.25, 0.3) is 5.91 Å². The van der Waals surface area contributed by atoms with Gasteiger partial charge in [0, 0.05) is 0 Å². The Bertz CT molecular complexity index is 772. The van der Waals surface area contributed by atoms with E-state index in [-0.39, 0.29) is 12.5 Å². The molecule has 0 radical (unpaired) electrons. The zero-order chi connectivity index (χ0) is 18.2. The van der Waals surface area contributed by atoms with Crippen molar-refractivity contribution in [3.63, 3.8) is 0 Å². The number of amides is 1. The summed E-state index contributed by atoms with van der Waals surface area (Å²) >= 11 is 0. The highest BCUT2D eigenvalue weighted by Gasteiger charge is 2.06. The number of nitrogens with zero attached hydrogens (tertiary/aromatic N) is 1. The quantitative estimate of drug-likeness (QED) is 0.620. The summed E-state index contributed by atoms with van der Waals surface area (Å²) in [5, 5.41) is 3.92. The van der Waals surface area contributed by atoms with Gasteiger partial charge in [-0.15, -0.1) is 0 Å². The van der Waals surface area contributed by atoms with Crippen LogP contribution in [0.5, 0.6) is 17.2 Å². The second-order valence-electron chi connectivity index (χ2n) is 5.39. The molecule has 0 atom stereocenters. The number of nitrogens with one attached hydrogen (secondary N) is 1.